The van der Waals surface area contributed by atoms with Gasteiger partial charge in [0, 0.05) is 5.56 Å². The van der Waals surface area contributed by atoms with E-state index in [1.807, 2.05) is 12.1 Å². The van der Waals surface area contributed by atoms with Crippen molar-refractivity contribution in [3.8, 4) is 0 Å². The van der Waals surface area contributed by atoms with E-state index >= 15 is 0 Å². The van der Waals surface area contributed by atoms with Crippen LogP contribution in [0.2, 0.25) is 0 Å². The van der Waals surface area contributed by atoms with Crippen molar-refractivity contribution < 1.29 is 4.79 Å². The fourth-order valence-electron chi connectivity index (χ4n) is 3.65. The highest BCUT2D eigenvalue weighted by Crippen LogP contribution is 2.46. The van der Waals surface area contributed by atoms with Crippen molar-refractivity contribution in [2.75, 3.05) is 0 Å². The zero-order valence-electron chi connectivity index (χ0n) is 11.6. The van der Waals surface area contributed by atoms with E-state index in [1.165, 1.54) is 17.5 Å². The Morgan fingerprint density at radius 2 is 2.06 bits per heavy atom. The maximum absolute atomic E-state index is 11.4. The smallest absolute Gasteiger partial charge is 0.248 e. The van der Waals surface area contributed by atoms with Gasteiger partial charge in [0.15, 0.2) is 0 Å². The van der Waals surface area contributed by atoms with Crippen molar-refractivity contribution in [3.63, 3.8) is 0 Å². The molecule has 1 aromatic carbocycles. The van der Waals surface area contributed by atoms with E-state index in [-0.39, 0.29) is 11.3 Å². The molecule has 0 bridgehead atoms. The number of amides is 1. The number of rotatable bonds is 3. The second-order valence-corrected chi connectivity index (χ2v) is 5.54. The second kappa shape index (κ2) is 4.75. The van der Waals surface area contributed by atoms with Crippen LogP contribution in [0.25, 0.3) is 0 Å². The molecule has 0 aromatic heterocycles. The number of hydrogen-bond acceptors (Lipinski definition) is 1. The lowest BCUT2D eigenvalue weighted by molar-refractivity contribution is 0.1000. The van der Waals surface area contributed by atoms with Gasteiger partial charge in [-0.05, 0) is 60.3 Å². The van der Waals surface area contributed by atoms with Gasteiger partial charge in [0.05, 0.1) is 0 Å². The zero-order valence-corrected chi connectivity index (χ0v) is 11.6. The van der Waals surface area contributed by atoms with E-state index in [0.29, 0.717) is 11.5 Å². The number of hydrogen-bond donors (Lipinski definition) is 1. The second-order valence-electron chi connectivity index (χ2n) is 5.54. The number of nitrogens with two attached hydrogens (primary N) is 1. The highest BCUT2D eigenvalue weighted by atomic mass is 16.1. The fraction of sp³-hybridized carbons (Fsp3) is 0.562. The average Bonchev–Trinajstić information content (AvgIpc) is 2.38. The third-order valence-electron chi connectivity index (χ3n) is 4.98. The Balaban J connectivity index is 2.60. The highest BCUT2D eigenvalue weighted by molar-refractivity contribution is 5.93. The van der Waals surface area contributed by atoms with Gasteiger partial charge in [0.2, 0.25) is 5.91 Å². The van der Waals surface area contributed by atoms with Crippen LogP contribution in [0.1, 0.15) is 61.5 Å². The molecule has 1 aromatic rings. The van der Waals surface area contributed by atoms with Crippen LogP contribution < -0.4 is 5.73 Å². The summed E-state index contributed by atoms with van der Waals surface area (Å²) in [4.78, 5) is 11.4. The molecule has 1 amide bonds. The predicted octanol–water partition coefficient (Wildman–Crippen LogP) is 3.43. The first kappa shape index (κ1) is 13.1. The van der Waals surface area contributed by atoms with E-state index in [0.717, 1.165) is 19.3 Å². The van der Waals surface area contributed by atoms with Crippen LogP contribution in [0, 0.1) is 5.92 Å². The molecule has 0 saturated carbocycles. The summed E-state index contributed by atoms with van der Waals surface area (Å²) in [6.45, 7) is 6.85. The van der Waals surface area contributed by atoms with Crippen molar-refractivity contribution in [2.24, 2.45) is 11.7 Å². The molecule has 1 aliphatic carbocycles. The van der Waals surface area contributed by atoms with Gasteiger partial charge in [-0.1, -0.05) is 26.8 Å². The Morgan fingerprint density at radius 3 is 2.61 bits per heavy atom. The lowest BCUT2D eigenvalue weighted by atomic mass is 9.61. The largest absolute Gasteiger partial charge is 0.366 e. The monoisotopic (exact) mass is 245 g/mol. The summed E-state index contributed by atoms with van der Waals surface area (Å²) in [5.41, 5.74) is 9.05. The maximum atomic E-state index is 11.4. The predicted molar refractivity (Wildman–Crippen MR) is 74.7 cm³/mol. The molecule has 2 rings (SSSR count). The van der Waals surface area contributed by atoms with Crippen LogP contribution in [0.4, 0.5) is 0 Å². The number of primary amides is 1. The van der Waals surface area contributed by atoms with Gasteiger partial charge in [-0.2, -0.15) is 0 Å². The summed E-state index contributed by atoms with van der Waals surface area (Å²) in [6.07, 6.45) is 4.61. The first-order chi connectivity index (χ1) is 8.55. The Labute approximate surface area is 110 Å². The molecule has 0 unspecified atom stereocenters. The van der Waals surface area contributed by atoms with Crippen LogP contribution in [0.5, 0.6) is 0 Å². The molecule has 2 heteroatoms. The summed E-state index contributed by atoms with van der Waals surface area (Å²) in [5, 5.41) is 0. The third kappa shape index (κ3) is 1.84. The minimum Gasteiger partial charge on any atom is -0.366 e. The molecular formula is C16H23NO. The van der Waals surface area contributed by atoms with E-state index in [2.05, 4.69) is 26.8 Å². The summed E-state index contributed by atoms with van der Waals surface area (Å²) < 4.78 is 0. The lowest BCUT2D eigenvalue weighted by Crippen LogP contribution is -2.37. The van der Waals surface area contributed by atoms with Crippen LogP contribution in [-0.4, -0.2) is 5.91 Å². The fourth-order valence-corrected chi connectivity index (χ4v) is 3.65. The van der Waals surface area contributed by atoms with Crippen molar-refractivity contribution in [3.05, 3.63) is 34.9 Å². The molecule has 0 heterocycles. The number of aryl methyl sites for hydroxylation is 1. The molecule has 18 heavy (non-hydrogen) atoms. The van der Waals surface area contributed by atoms with Crippen LogP contribution in [0.15, 0.2) is 18.2 Å². The van der Waals surface area contributed by atoms with E-state index < -0.39 is 0 Å². The van der Waals surface area contributed by atoms with Gasteiger partial charge in [-0.3, -0.25) is 4.79 Å². The Bertz CT molecular complexity index is 460. The minimum absolute atomic E-state index is 0.221. The van der Waals surface area contributed by atoms with Crippen LogP contribution >= 0.6 is 0 Å². The van der Waals surface area contributed by atoms with Gasteiger partial charge >= 0.3 is 0 Å². The third-order valence-corrected chi connectivity index (χ3v) is 4.98. The average molecular weight is 245 g/mol. The van der Waals surface area contributed by atoms with Gasteiger partial charge in [0.25, 0.3) is 0 Å². The molecule has 1 atom stereocenters. The summed E-state index contributed by atoms with van der Waals surface area (Å²) >= 11 is 0. The number of carbonyl (C=O) groups is 1. The molecule has 1 aliphatic rings. The first-order valence-electron chi connectivity index (χ1n) is 6.98. The number of carbonyl (C=O) groups excluding carboxylic acids is 1. The molecule has 0 spiro atoms. The Kier molecular flexibility index (Phi) is 3.47. The van der Waals surface area contributed by atoms with E-state index in [1.54, 1.807) is 0 Å². The molecule has 98 valence electrons. The quantitative estimate of drug-likeness (QED) is 0.871. The first-order valence-corrected chi connectivity index (χ1v) is 6.98. The molecule has 2 nitrogen and oxygen atoms in total. The maximum Gasteiger partial charge on any atom is 0.248 e. The Hall–Kier alpha value is -1.31. The minimum atomic E-state index is -0.322. The molecule has 0 saturated heterocycles. The van der Waals surface area contributed by atoms with Gasteiger partial charge in [0.1, 0.15) is 0 Å². The van der Waals surface area contributed by atoms with Crippen molar-refractivity contribution in [2.45, 2.75) is 51.9 Å². The summed E-state index contributed by atoms with van der Waals surface area (Å²) in [5.74, 6) is 0.347. The van der Waals surface area contributed by atoms with Crippen LogP contribution in [0.3, 0.4) is 0 Å². The van der Waals surface area contributed by atoms with Crippen molar-refractivity contribution in [1.29, 1.82) is 0 Å². The van der Waals surface area contributed by atoms with Gasteiger partial charge in [-0.25, -0.2) is 0 Å². The van der Waals surface area contributed by atoms with Gasteiger partial charge in [-0.15, -0.1) is 0 Å². The lowest BCUT2D eigenvalue weighted by Gasteiger charge is -2.43. The molecule has 0 fully saturated rings. The molecule has 0 aliphatic heterocycles. The van der Waals surface area contributed by atoms with Crippen molar-refractivity contribution >= 4 is 5.91 Å². The number of benzene rings is 1. The van der Waals surface area contributed by atoms with Crippen LogP contribution in [-0.2, 0) is 11.8 Å². The van der Waals surface area contributed by atoms with Gasteiger partial charge < -0.3 is 5.73 Å². The number of fused-ring (bicyclic) bond motifs is 1. The zero-order chi connectivity index (χ0) is 13.3. The molecule has 0 radical (unpaired) electrons. The summed E-state index contributed by atoms with van der Waals surface area (Å²) in [7, 11) is 0. The SMILES string of the molecule is CCC1(CC)c2cc(C(N)=O)ccc2CC[C@H]1C. The standard InChI is InChI=1S/C16H23NO/c1-4-16(5-2)11(3)6-7-12-8-9-13(15(17)18)10-14(12)16/h8-11H,4-7H2,1-3H3,(H2,17,18)/t11-/m1/s1. The van der Waals surface area contributed by atoms with E-state index in [4.69, 9.17) is 5.73 Å². The molecular weight excluding hydrogens is 222 g/mol. The topological polar surface area (TPSA) is 43.1 Å². The normalized spacial score (nSPS) is 21.4. The summed E-state index contributed by atoms with van der Waals surface area (Å²) in [6, 6.07) is 6.01. The van der Waals surface area contributed by atoms with Crippen molar-refractivity contribution in [1.82, 2.24) is 0 Å². The van der Waals surface area contributed by atoms with E-state index in [9.17, 15) is 4.79 Å². The Morgan fingerprint density at radius 1 is 1.39 bits per heavy atom. The highest BCUT2D eigenvalue weighted by Gasteiger charge is 2.39. The molecule has 2 N–H and O–H groups in total.